The van der Waals surface area contributed by atoms with Crippen molar-refractivity contribution in [2.24, 2.45) is 5.92 Å². The summed E-state index contributed by atoms with van der Waals surface area (Å²) in [4.78, 5) is 6.91. The van der Waals surface area contributed by atoms with Crippen molar-refractivity contribution in [2.45, 2.75) is 20.3 Å². The largest absolute Gasteiger partial charge is 0.370 e. The lowest BCUT2D eigenvalue weighted by Crippen LogP contribution is -2.22. The molecule has 3 nitrogen and oxygen atoms in total. The first kappa shape index (κ1) is 12.8. The molecule has 1 atom stereocenters. The number of aromatic nitrogens is 1. The van der Waals surface area contributed by atoms with E-state index in [1.54, 1.807) is 0 Å². The molecule has 4 heteroatoms. The van der Waals surface area contributed by atoms with Crippen LogP contribution in [0.4, 0.5) is 5.82 Å². The van der Waals surface area contributed by atoms with Gasteiger partial charge >= 0.3 is 0 Å². The minimum Gasteiger partial charge on any atom is -0.370 e. The van der Waals surface area contributed by atoms with Crippen molar-refractivity contribution in [1.29, 1.82) is 0 Å². The summed E-state index contributed by atoms with van der Waals surface area (Å²) in [5.41, 5.74) is 1.20. The molecular weight excluding hydrogens is 278 g/mol. The zero-order valence-corrected chi connectivity index (χ0v) is 12.1. The van der Waals surface area contributed by atoms with Gasteiger partial charge in [-0.25, -0.2) is 4.98 Å². The highest BCUT2D eigenvalue weighted by Crippen LogP contribution is 2.19. The maximum atomic E-state index is 4.41. The predicted octanol–water partition coefficient (Wildman–Crippen LogP) is 2.91. The van der Waals surface area contributed by atoms with Crippen LogP contribution in [0.25, 0.3) is 0 Å². The van der Waals surface area contributed by atoms with Gasteiger partial charge in [0.1, 0.15) is 5.82 Å². The van der Waals surface area contributed by atoms with Crippen LogP contribution in [-0.4, -0.2) is 36.1 Å². The van der Waals surface area contributed by atoms with Crippen molar-refractivity contribution in [2.75, 3.05) is 31.5 Å². The van der Waals surface area contributed by atoms with E-state index in [1.165, 1.54) is 31.6 Å². The van der Waals surface area contributed by atoms with Crippen LogP contribution in [0.2, 0.25) is 0 Å². The maximum absolute atomic E-state index is 4.41. The summed E-state index contributed by atoms with van der Waals surface area (Å²) in [6, 6.07) is 2.10. The van der Waals surface area contributed by atoms with Crippen LogP contribution in [0.5, 0.6) is 0 Å². The van der Waals surface area contributed by atoms with Gasteiger partial charge < -0.3 is 10.2 Å². The minimum absolute atomic E-state index is 0.764. The minimum atomic E-state index is 0.764. The van der Waals surface area contributed by atoms with Crippen LogP contribution in [0.1, 0.15) is 18.9 Å². The number of nitrogens with one attached hydrogen (secondary N) is 1. The number of aryl methyl sites for hydroxylation is 1. The lowest BCUT2D eigenvalue weighted by Gasteiger charge is -2.15. The monoisotopic (exact) mass is 297 g/mol. The number of pyridine rings is 1. The second-order valence-corrected chi connectivity index (χ2v) is 5.66. The maximum Gasteiger partial charge on any atom is 0.128 e. The van der Waals surface area contributed by atoms with Gasteiger partial charge in [-0.3, -0.25) is 0 Å². The van der Waals surface area contributed by atoms with E-state index < -0.39 is 0 Å². The molecule has 0 aromatic carbocycles. The summed E-state index contributed by atoms with van der Waals surface area (Å²) in [6.07, 6.45) is 3.15. The first-order valence-corrected chi connectivity index (χ1v) is 7.06. The summed E-state index contributed by atoms with van der Waals surface area (Å²) in [5, 5.41) is 3.47. The normalized spacial score (nSPS) is 20.8. The molecule has 2 heterocycles. The van der Waals surface area contributed by atoms with Gasteiger partial charge in [0.05, 0.1) is 0 Å². The van der Waals surface area contributed by atoms with E-state index in [1.807, 2.05) is 6.20 Å². The Kier molecular flexibility index (Phi) is 4.40. The molecule has 1 N–H and O–H groups in total. The molecule has 1 aliphatic rings. The Morgan fingerprint density at radius 2 is 2.41 bits per heavy atom. The molecule has 1 aliphatic heterocycles. The summed E-state index contributed by atoms with van der Waals surface area (Å²) < 4.78 is 1.04. The predicted molar refractivity (Wildman–Crippen MR) is 75.4 cm³/mol. The molecule has 0 spiro atoms. The average molecular weight is 298 g/mol. The van der Waals surface area contributed by atoms with Gasteiger partial charge in [0.2, 0.25) is 0 Å². The van der Waals surface area contributed by atoms with E-state index in [0.29, 0.717) is 0 Å². The third-order valence-corrected chi connectivity index (χ3v) is 3.85. The van der Waals surface area contributed by atoms with E-state index in [-0.39, 0.29) is 0 Å². The van der Waals surface area contributed by atoms with E-state index in [9.17, 15) is 0 Å². The highest BCUT2D eigenvalue weighted by atomic mass is 79.9. The van der Waals surface area contributed by atoms with Crippen LogP contribution in [0.3, 0.4) is 0 Å². The van der Waals surface area contributed by atoms with E-state index >= 15 is 0 Å². The fourth-order valence-electron chi connectivity index (χ4n) is 2.33. The molecule has 0 bridgehead atoms. The first-order chi connectivity index (χ1) is 8.19. The molecule has 17 heavy (non-hydrogen) atoms. The lowest BCUT2D eigenvalue weighted by molar-refractivity contribution is 0.345. The Labute approximate surface area is 112 Å². The molecule has 1 unspecified atom stereocenters. The lowest BCUT2D eigenvalue weighted by atomic mass is 10.1. The summed E-state index contributed by atoms with van der Waals surface area (Å²) >= 11 is 3.43. The number of halogens is 1. The van der Waals surface area contributed by atoms with Gasteiger partial charge in [0.15, 0.2) is 0 Å². The molecule has 1 fully saturated rings. The van der Waals surface area contributed by atoms with Crippen LogP contribution < -0.4 is 5.32 Å². The molecule has 94 valence electrons. The molecule has 0 amide bonds. The molecule has 1 saturated heterocycles. The number of hydrogen-bond donors (Lipinski definition) is 1. The smallest absolute Gasteiger partial charge is 0.128 e. The van der Waals surface area contributed by atoms with Crippen molar-refractivity contribution < 1.29 is 0 Å². The van der Waals surface area contributed by atoms with Gasteiger partial charge in [-0.1, -0.05) is 6.92 Å². The van der Waals surface area contributed by atoms with E-state index in [0.717, 1.165) is 22.8 Å². The Balaban J connectivity index is 1.86. The Morgan fingerprint density at radius 1 is 1.59 bits per heavy atom. The first-order valence-electron chi connectivity index (χ1n) is 6.27. The van der Waals surface area contributed by atoms with Crippen molar-refractivity contribution in [1.82, 2.24) is 9.88 Å². The molecule has 1 aromatic heterocycles. The van der Waals surface area contributed by atoms with Crippen LogP contribution in [0, 0.1) is 12.8 Å². The second-order valence-electron chi connectivity index (χ2n) is 4.75. The summed E-state index contributed by atoms with van der Waals surface area (Å²) in [7, 11) is 0. The number of hydrogen-bond acceptors (Lipinski definition) is 3. The molecule has 2 rings (SSSR count). The number of nitrogens with zero attached hydrogens (tertiary/aromatic N) is 2. The van der Waals surface area contributed by atoms with Gasteiger partial charge in [0, 0.05) is 23.8 Å². The average Bonchev–Trinajstić information content (AvgIpc) is 2.76. The van der Waals surface area contributed by atoms with Gasteiger partial charge in [-0.2, -0.15) is 0 Å². The molecule has 1 aromatic rings. The molecule has 0 aliphatic carbocycles. The number of likely N-dealkylation sites (tertiary alicyclic amines) is 1. The zero-order valence-electron chi connectivity index (χ0n) is 10.5. The highest BCUT2D eigenvalue weighted by Gasteiger charge is 2.20. The van der Waals surface area contributed by atoms with Gasteiger partial charge in [0.25, 0.3) is 0 Å². The quantitative estimate of drug-likeness (QED) is 0.926. The highest BCUT2D eigenvalue weighted by molar-refractivity contribution is 9.10. The van der Waals surface area contributed by atoms with Crippen LogP contribution >= 0.6 is 15.9 Å². The van der Waals surface area contributed by atoms with Crippen molar-refractivity contribution in [3.05, 3.63) is 22.3 Å². The SMILES string of the molecule is CCN1CCC(CNc2ncc(Br)cc2C)C1. The van der Waals surface area contributed by atoms with Crippen LogP contribution in [0.15, 0.2) is 16.7 Å². The number of anilines is 1. The van der Waals surface area contributed by atoms with Crippen molar-refractivity contribution >= 4 is 21.7 Å². The van der Waals surface area contributed by atoms with Gasteiger partial charge in [-0.15, -0.1) is 0 Å². The second kappa shape index (κ2) is 5.83. The standard InChI is InChI=1S/C13H20BrN3/c1-3-17-5-4-11(9-17)7-15-13-10(2)6-12(14)8-16-13/h6,8,11H,3-5,7,9H2,1-2H3,(H,15,16). The zero-order chi connectivity index (χ0) is 12.3. The molecule has 0 saturated carbocycles. The van der Waals surface area contributed by atoms with Crippen molar-refractivity contribution in [3.8, 4) is 0 Å². The Bertz CT molecular complexity index is 381. The summed E-state index contributed by atoms with van der Waals surface area (Å²) in [5.74, 6) is 1.78. The van der Waals surface area contributed by atoms with E-state index in [4.69, 9.17) is 0 Å². The summed E-state index contributed by atoms with van der Waals surface area (Å²) in [6.45, 7) is 9.00. The fourth-order valence-corrected chi connectivity index (χ4v) is 2.78. The number of rotatable bonds is 4. The van der Waals surface area contributed by atoms with Crippen molar-refractivity contribution in [3.63, 3.8) is 0 Å². The topological polar surface area (TPSA) is 28.2 Å². The molecule has 0 radical (unpaired) electrons. The van der Waals surface area contributed by atoms with E-state index in [2.05, 4.69) is 51.0 Å². The Morgan fingerprint density at radius 3 is 3.06 bits per heavy atom. The third kappa shape index (κ3) is 3.42. The van der Waals surface area contributed by atoms with Crippen LogP contribution in [-0.2, 0) is 0 Å². The fraction of sp³-hybridized carbons (Fsp3) is 0.615. The molecular formula is C13H20BrN3. The van der Waals surface area contributed by atoms with Gasteiger partial charge in [-0.05, 0) is 59.9 Å². The third-order valence-electron chi connectivity index (χ3n) is 3.42. The Hall–Kier alpha value is -0.610.